The van der Waals surface area contributed by atoms with Gasteiger partial charge in [0, 0.05) is 0 Å². The Morgan fingerprint density at radius 1 is 0.667 bits per heavy atom. The lowest BCUT2D eigenvalue weighted by Gasteiger charge is -2.08. The summed E-state index contributed by atoms with van der Waals surface area (Å²) in [5.74, 6) is 0. The largest absolute Gasteiger partial charge is 0.0620 e. The monoisotopic (exact) mass is 196 g/mol. The molecular formula is C15H16. The van der Waals surface area contributed by atoms with Crippen LogP contribution in [0.3, 0.4) is 0 Å². The van der Waals surface area contributed by atoms with Crippen LogP contribution in [0.1, 0.15) is 16.7 Å². The first kappa shape index (κ1) is 9.97. The molecule has 0 fully saturated rings. The molecule has 0 nitrogen and oxygen atoms in total. The third kappa shape index (κ3) is 1.94. The number of rotatable bonds is 1. The summed E-state index contributed by atoms with van der Waals surface area (Å²) in [6, 6.07) is 15.2. The first-order chi connectivity index (χ1) is 7.18. The lowest BCUT2D eigenvalue weighted by molar-refractivity contribution is 1.33. The molecule has 0 aliphatic heterocycles. The van der Waals surface area contributed by atoms with Gasteiger partial charge in [-0.2, -0.15) is 0 Å². The molecule has 0 heteroatoms. The van der Waals surface area contributed by atoms with Crippen LogP contribution in [0.2, 0.25) is 0 Å². The van der Waals surface area contributed by atoms with Crippen molar-refractivity contribution < 1.29 is 0 Å². The minimum Gasteiger partial charge on any atom is -0.0620 e. The van der Waals surface area contributed by atoms with Gasteiger partial charge in [-0.15, -0.1) is 0 Å². The van der Waals surface area contributed by atoms with Crippen molar-refractivity contribution in [3.05, 3.63) is 59.2 Å². The SMILES string of the molecule is Cc1ccc(-c2ccccc2C)cc1C. The molecule has 2 rings (SSSR count). The summed E-state index contributed by atoms with van der Waals surface area (Å²) in [6.45, 7) is 6.47. The normalized spacial score (nSPS) is 10.3. The van der Waals surface area contributed by atoms with Crippen molar-refractivity contribution in [3.63, 3.8) is 0 Å². The topological polar surface area (TPSA) is 0 Å². The number of hydrogen-bond acceptors (Lipinski definition) is 0. The fourth-order valence-corrected chi connectivity index (χ4v) is 1.81. The Morgan fingerprint density at radius 3 is 2.07 bits per heavy atom. The average Bonchev–Trinajstić information content (AvgIpc) is 2.23. The van der Waals surface area contributed by atoms with Gasteiger partial charge in [0.1, 0.15) is 0 Å². The van der Waals surface area contributed by atoms with E-state index in [9.17, 15) is 0 Å². The zero-order chi connectivity index (χ0) is 10.8. The van der Waals surface area contributed by atoms with Crippen molar-refractivity contribution in [1.29, 1.82) is 0 Å². The van der Waals surface area contributed by atoms with Gasteiger partial charge in [-0.05, 0) is 48.6 Å². The molecule has 0 aliphatic carbocycles. The van der Waals surface area contributed by atoms with Gasteiger partial charge in [0.25, 0.3) is 0 Å². The molecular weight excluding hydrogens is 180 g/mol. The molecule has 0 radical (unpaired) electrons. The fourth-order valence-electron chi connectivity index (χ4n) is 1.81. The van der Waals surface area contributed by atoms with Gasteiger partial charge in [-0.3, -0.25) is 0 Å². The molecule has 0 saturated heterocycles. The highest BCUT2D eigenvalue weighted by atomic mass is 14.1. The van der Waals surface area contributed by atoms with Crippen LogP contribution in [0.15, 0.2) is 42.5 Å². The van der Waals surface area contributed by atoms with Gasteiger partial charge in [-0.25, -0.2) is 0 Å². The van der Waals surface area contributed by atoms with Crippen molar-refractivity contribution in [2.24, 2.45) is 0 Å². The third-order valence-electron chi connectivity index (χ3n) is 2.96. The van der Waals surface area contributed by atoms with Crippen LogP contribution >= 0.6 is 0 Å². The summed E-state index contributed by atoms with van der Waals surface area (Å²) in [5, 5.41) is 0. The van der Waals surface area contributed by atoms with E-state index >= 15 is 0 Å². The van der Waals surface area contributed by atoms with E-state index in [1.165, 1.54) is 27.8 Å². The third-order valence-corrected chi connectivity index (χ3v) is 2.96. The zero-order valence-corrected chi connectivity index (χ0v) is 9.54. The molecule has 0 atom stereocenters. The molecule has 0 bridgehead atoms. The van der Waals surface area contributed by atoms with Gasteiger partial charge in [0.2, 0.25) is 0 Å². The van der Waals surface area contributed by atoms with Gasteiger partial charge in [0.05, 0.1) is 0 Å². The van der Waals surface area contributed by atoms with Crippen LogP contribution < -0.4 is 0 Å². The summed E-state index contributed by atoms with van der Waals surface area (Å²) >= 11 is 0. The maximum atomic E-state index is 2.26. The van der Waals surface area contributed by atoms with E-state index in [1.54, 1.807) is 0 Å². The maximum absolute atomic E-state index is 2.26. The lowest BCUT2D eigenvalue weighted by atomic mass is 9.97. The summed E-state index contributed by atoms with van der Waals surface area (Å²) in [7, 11) is 0. The molecule has 0 unspecified atom stereocenters. The molecule has 0 aliphatic rings. The predicted octanol–water partition coefficient (Wildman–Crippen LogP) is 4.28. The van der Waals surface area contributed by atoms with Crippen LogP contribution in [0.25, 0.3) is 11.1 Å². The molecule has 76 valence electrons. The van der Waals surface area contributed by atoms with Crippen molar-refractivity contribution in [3.8, 4) is 11.1 Å². The summed E-state index contributed by atoms with van der Waals surface area (Å²) in [6.07, 6.45) is 0. The second-order valence-corrected chi connectivity index (χ2v) is 4.11. The Bertz CT molecular complexity index is 481. The molecule has 0 aromatic heterocycles. The molecule has 0 saturated carbocycles. The molecule has 0 spiro atoms. The standard InChI is InChI=1S/C15H16/c1-11-8-9-14(10-13(11)3)15-7-5-4-6-12(15)2/h4-10H,1-3H3. The molecule has 2 aromatic rings. The van der Waals surface area contributed by atoms with Crippen LogP contribution in [-0.4, -0.2) is 0 Å². The van der Waals surface area contributed by atoms with Crippen LogP contribution in [0, 0.1) is 20.8 Å². The first-order valence-corrected chi connectivity index (χ1v) is 5.32. The maximum Gasteiger partial charge on any atom is -0.0155 e. The van der Waals surface area contributed by atoms with Gasteiger partial charge < -0.3 is 0 Å². The first-order valence-electron chi connectivity index (χ1n) is 5.32. The van der Waals surface area contributed by atoms with E-state index in [2.05, 4.69) is 63.2 Å². The summed E-state index contributed by atoms with van der Waals surface area (Å²) in [5.41, 5.74) is 6.70. The van der Waals surface area contributed by atoms with E-state index in [0.717, 1.165) is 0 Å². The van der Waals surface area contributed by atoms with Crippen molar-refractivity contribution in [2.75, 3.05) is 0 Å². The van der Waals surface area contributed by atoms with Crippen molar-refractivity contribution in [2.45, 2.75) is 20.8 Å². The minimum absolute atomic E-state index is 1.32. The van der Waals surface area contributed by atoms with E-state index in [-0.39, 0.29) is 0 Å². The van der Waals surface area contributed by atoms with Crippen LogP contribution in [0.4, 0.5) is 0 Å². The summed E-state index contributed by atoms with van der Waals surface area (Å²) < 4.78 is 0. The van der Waals surface area contributed by atoms with Gasteiger partial charge in [-0.1, -0.05) is 42.5 Å². The molecule has 0 amide bonds. The molecule has 0 N–H and O–H groups in total. The smallest absolute Gasteiger partial charge is 0.0155 e. The minimum atomic E-state index is 1.32. The Morgan fingerprint density at radius 2 is 1.40 bits per heavy atom. The lowest BCUT2D eigenvalue weighted by Crippen LogP contribution is -1.85. The highest BCUT2D eigenvalue weighted by molar-refractivity contribution is 5.68. The second-order valence-electron chi connectivity index (χ2n) is 4.11. The quantitative estimate of drug-likeness (QED) is 0.638. The van der Waals surface area contributed by atoms with Gasteiger partial charge >= 0.3 is 0 Å². The van der Waals surface area contributed by atoms with E-state index < -0.39 is 0 Å². The highest BCUT2D eigenvalue weighted by Gasteiger charge is 2.01. The van der Waals surface area contributed by atoms with E-state index in [1.807, 2.05) is 0 Å². The Hall–Kier alpha value is -1.56. The number of aryl methyl sites for hydroxylation is 3. The van der Waals surface area contributed by atoms with Crippen LogP contribution in [0.5, 0.6) is 0 Å². The Labute approximate surface area is 91.6 Å². The fraction of sp³-hybridized carbons (Fsp3) is 0.200. The molecule has 2 aromatic carbocycles. The zero-order valence-electron chi connectivity index (χ0n) is 9.54. The number of hydrogen-bond donors (Lipinski definition) is 0. The van der Waals surface area contributed by atoms with Crippen molar-refractivity contribution >= 4 is 0 Å². The number of benzene rings is 2. The highest BCUT2D eigenvalue weighted by Crippen LogP contribution is 2.24. The predicted molar refractivity (Wildman–Crippen MR) is 66.1 cm³/mol. The Kier molecular flexibility index (Phi) is 2.59. The van der Waals surface area contributed by atoms with Crippen LogP contribution in [-0.2, 0) is 0 Å². The summed E-state index contributed by atoms with van der Waals surface area (Å²) in [4.78, 5) is 0. The Balaban J connectivity index is 2.55. The second kappa shape index (κ2) is 3.90. The van der Waals surface area contributed by atoms with E-state index in [0.29, 0.717) is 0 Å². The van der Waals surface area contributed by atoms with E-state index in [4.69, 9.17) is 0 Å². The molecule has 15 heavy (non-hydrogen) atoms. The molecule has 0 heterocycles. The van der Waals surface area contributed by atoms with Crippen molar-refractivity contribution in [1.82, 2.24) is 0 Å². The van der Waals surface area contributed by atoms with Gasteiger partial charge in [0.15, 0.2) is 0 Å². The average molecular weight is 196 g/mol.